The standard InChI is InChI=1S/C17H25NO3S3/c1-24(20,21)15-9-7-13(8-10-15)16-5-2-6-17(18-16)23(19)12-14-4-3-11-22-14/h7-10,14,16-18H,2-6,11-12H2,1H3/t14?,16?,17?,23-/m1/s1. The van der Waals surface area contributed by atoms with E-state index in [0.29, 0.717) is 10.1 Å². The van der Waals surface area contributed by atoms with E-state index in [0.717, 1.165) is 30.6 Å². The molecule has 1 aromatic carbocycles. The molecular weight excluding hydrogens is 362 g/mol. The van der Waals surface area contributed by atoms with E-state index in [9.17, 15) is 12.6 Å². The summed E-state index contributed by atoms with van der Waals surface area (Å²) in [5, 5.41) is 4.16. The third kappa shape index (κ3) is 4.62. The number of piperidine rings is 1. The lowest BCUT2D eigenvalue weighted by Gasteiger charge is -2.31. The highest BCUT2D eigenvalue weighted by Gasteiger charge is 2.28. The highest BCUT2D eigenvalue weighted by atomic mass is 32.2. The van der Waals surface area contributed by atoms with Gasteiger partial charge < -0.3 is 0 Å². The summed E-state index contributed by atoms with van der Waals surface area (Å²) in [6, 6.07) is 7.26. The average molecular weight is 388 g/mol. The first-order valence-electron chi connectivity index (χ1n) is 8.48. The van der Waals surface area contributed by atoms with Gasteiger partial charge in [-0.3, -0.25) is 9.53 Å². The second-order valence-corrected chi connectivity index (χ2v) is 11.8. The third-order valence-electron chi connectivity index (χ3n) is 4.75. The molecular formula is C17H25NO3S3. The van der Waals surface area contributed by atoms with E-state index < -0.39 is 20.6 Å². The SMILES string of the molecule is CS(=O)(=O)c1ccc(C2CCCC([S@](=O)CC3CCCS3)N2)cc1. The predicted octanol–water partition coefficient (Wildman–Crippen LogP) is 2.88. The molecule has 0 saturated carbocycles. The molecule has 0 amide bonds. The number of rotatable bonds is 5. The summed E-state index contributed by atoms with van der Waals surface area (Å²) >= 11 is 1.96. The summed E-state index contributed by atoms with van der Waals surface area (Å²) < 4.78 is 35.8. The maximum Gasteiger partial charge on any atom is 0.175 e. The van der Waals surface area contributed by atoms with Gasteiger partial charge in [-0.1, -0.05) is 12.1 Å². The predicted molar refractivity (Wildman–Crippen MR) is 102 cm³/mol. The Balaban J connectivity index is 1.63. The Morgan fingerprint density at radius 2 is 1.92 bits per heavy atom. The van der Waals surface area contributed by atoms with Crippen molar-refractivity contribution in [1.29, 1.82) is 0 Å². The van der Waals surface area contributed by atoms with Crippen LogP contribution < -0.4 is 5.32 Å². The number of sulfone groups is 1. The minimum atomic E-state index is -3.16. The molecule has 4 atom stereocenters. The monoisotopic (exact) mass is 387 g/mol. The van der Waals surface area contributed by atoms with Crippen LogP contribution in [0.2, 0.25) is 0 Å². The molecule has 0 aromatic heterocycles. The highest BCUT2D eigenvalue weighted by molar-refractivity contribution is 8.01. The summed E-state index contributed by atoms with van der Waals surface area (Å²) in [6.45, 7) is 0. The van der Waals surface area contributed by atoms with Crippen molar-refractivity contribution in [3.63, 3.8) is 0 Å². The summed E-state index contributed by atoms with van der Waals surface area (Å²) in [5.41, 5.74) is 1.08. The van der Waals surface area contributed by atoms with E-state index in [4.69, 9.17) is 0 Å². The first-order valence-corrected chi connectivity index (χ1v) is 12.8. The number of thioether (sulfide) groups is 1. The Morgan fingerprint density at radius 1 is 1.17 bits per heavy atom. The van der Waals surface area contributed by atoms with E-state index in [1.54, 1.807) is 12.1 Å². The molecule has 2 saturated heterocycles. The van der Waals surface area contributed by atoms with Crippen LogP contribution in [-0.2, 0) is 20.6 Å². The molecule has 0 aliphatic carbocycles. The topological polar surface area (TPSA) is 63.2 Å². The second kappa shape index (κ2) is 7.89. The largest absolute Gasteiger partial charge is 0.296 e. The minimum Gasteiger partial charge on any atom is -0.296 e. The van der Waals surface area contributed by atoms with Crippen LogP contribution in [0.25, 0.3) is 0 Å². The van der Waals surface area contributed by atoms with E-state index in [-0.39, 0.29) is 11.4 Å². The van der Waals surface area contributed by atoms with Crippen LogP contribution in [0.5, 0.6) is 0 Å². The van der Waals surface area contributed by atoms with Gasteiger partial charge in [0.05, 0.1) is 10.3 Å². The normalized spacial score (nSPS) is 29.5. The number of nitrogens with one attached hydrogen (secondary N) is 1. The van der Waals surface area contributed by atoms with Gasteiger partial charge in [0.25, 0.3) is 0 Å². The van der Waals surface area contributed by atoms with Gasteiger partial charge in [-0.25, -0.2) is 8.42 Å². The lowest BCUT2D eigenvalue weighted by atomic mass is 9.97. The van der Waals surface area contributed by atoms with Gasteiger partial charge in [0.1, 0.15) is 0 Å². The second-order valence-electron chi connectivity index (χ2n) is 6.66. The summed E-state index contributed by atoms with van der Waals surface area (Å²) in [5.74, 6) is 2.00. The summed E-state index contributed by atoms with van der Waals surface area (Å²) in [6.07, 6.45) is 6.69. The molecule has 3 rings (SSSR count). The van der Waals surface area contributed by atoms with Gasteiger partial charge in [-0.2, -0.15) is 11.8 Å². The molecule has 3 unspecified atom stereocenters. The van der Waals surface area contributed by atoms with Gasteiger partial charge in [-0.15, -0.1) is 0 Å². The molecule has 7 heteroatoms. The molecule has 0 radical (unpaired) electrons. The van der Waals surface area contributed by atoms with Crippen molar-refractivity contribution in [1.82, 2.24) is 5.32 Å². The maximum absolute atomic E-state index is 12.7. The maximum atomic E-state index is 12.7. The first-order chi connectivity index (χ1) is 11.4. The van der Waals surface area contributed by atoms with Crippen molar-refractivity contribution in [3.8, 4) is 0 Å². The zero-order valence-electron chi connectivity index (χ0n) is 13.9. The van der Waals surface area contributed by atoms with E-state index in [1.165, 1.54) is 24.9 Å². The van der Waals surface area contributed by atoms with Crippen molar-refractivity contribution in [2.75, 3.05) is 17.8 Å². The fraction of sp³-hybridized carbons (Fsp3) is 0.647. The molecule has 24 heavy (non-hydrogen) atoms. The Morgan fingerprint density at radius 3 is 2.54 bits per heavy atom. The van der Waals surface area contributed by atoms with Crippen molar-refractivity contribution in [2.45, 2.75) is 53.7 Å². The van der Waals surface area contributed by atoms with Gasteiger partial charge in [0, 0.05) is 34.1 Å². The molecule has 1 aromatic rings. The molecule has 4 nitrogen and oxygen atoms in total. The Bertz CT molecular complexity index is 682. The van der Waals surface area contributed by atoms with Crippen LogP contribution in [0.1, 0.15) is 43.7 Å². The number of hydrogen-bond donors (Lipinski definition) is 1. The molecule has 0 bridgehead atoms. The van der Waals surface area contributed by atoms with Gasteiger partial charge in [-0.05, 0) is 55.6 Å². The van der Waals surface area contributed by atoms with Gasteiger partial charge in [0.15, 0.2) is 9.84 Å². The van der Waals surface area contributed by atoms with Crippen LogP contribution in [0.15, 0.2) is 29.2 Å². The minimum absolute atomic E-state index is 0.0551. The van der Waals surface area contributed by atoms with Crippen LogP contribution in [0.3, 0.4) is 0 Å². The van der Waals surface area contributed by atoms with E-state index in [2.05, 4.69) is 5.32 Å². The number of hydrogen-bond acceptors (Lipinski definition) is 5. The molecule has 0 spiro atoms. The van der Waals surface area contributed by atoms with Crippen molar-refractivity contribution in [2.24, 2.45) is 0 Å². The lowest BCUT2D eigenvalue weighted by molar-refractivity contribution is 0.384. The summed E-state index contributed by atoms with van der Waals surface area (Å²) in [4.78, 5) is 0.348. The highest BCUT2D eigenvalue weighted by Crippen LogP contribution is 2.30. The Labute approximate surface area is 151 Å². The van der Waals surface area contributed by atoms with Crippen LogP contribution in [0, 0.1) is 0 Å². The quantitative estimate of drug-likeness (QED) is 0.842. The van der Waals surface area contributed by atoms with Crippen LogP contribution in [0.4, 0.5) is 0 Å². The molecule has 134 valence electrons. The Hall–Kier alpha value is -0.370. The average Bonchev–Trinajstić information content (AvgIpc) is 3.07. The summed E-state index contributed by atoms with van der Waals surface area (Å²) in [7, 11) is -4.00. The fourth-order valence-corrected chi connectivity index (χ4v) is 7.32. The molecule has 1 N–H and O–H groups in total. The molecule has 2 heterocycles. The van der Waals surface area contributed by atoms with Gasteiger partial charge >= 0.3 is 0 Å². The van der Waals surface area contributed by atoms with Crippen molar-refractivity contribution >= 4 is 32.4 Å². The van der Waals surface area contributed by atoms with Crippen molar-refractivity contribution < 1.29 is 12.6 Å². The van der Waals surface area contributed by atoms with Crippen molar-refractivity contribution in [3.05, 3.63) is 29.8 Å². The van der Waals surface area contributed by atoms with Gasteiger partial charge in [0.2, 0.25) is 0 Å². The van der Waals surface area contributed by atoms with E-state index >= 15 is 0 Å². The van der Waals surface area contributed by atoms with Crippen LogP contribution >= 0.6 is 11.8 Å². The molecule has 2 aliphatic heterocycles. The Kier molecular flexibility index (Phi) is 6.06. The molecule has 2 aliphatic rings. The fourth-order valence-electron chi connectivity index (χ4n) is 3.39. The van der Waals surface area contributed by atoms with E-state index in [1.807, 2.05) is 23.9 Å². The smallest absolute Gasteiger partial charge is 0.175 e. The lowest BCUT2D eigenvalue weighted by Crippen LogP contribution is -2.41. The zero-order chi connectivity index (χ0) is 17.2. The number of benzene rings is 1. The molecule has 2 fully saturated rings. The van der Waals surface area contributed by atoms with Crippen LogP contribution in [-0.4, -0.2) is 41.0 Å². The third-order valence-corrected chi connectivity index (χ3v) is 9.22. The zero-order valence-corrected chi connectivity index (χ0v) is 16.4. The first kappa shape index (κ1) is 18.4.